The molecule has 0 unspecified atom stereocenters. The van der Waals surface area contributed by atoms with E-state index in [0.717, 1.165) is 60.4 Å². The molecule has 0 atom stereocenters. The summed E-state index contributed by atoms with van der Waals surface area (Å²) >= 11 is 0. The Morgan fingerprint density at radius 2 is 1.41 bits per heavy atom. The third kappa shape index (κ3) is 8.56. The molecule has 0 saturated heterocycles. The number of ether oxygens (including phenoxy) is 1. The molecule has 0 spiro atoms. The molecule has 0 N–H and O–H groups in total. The minimum Gasteiger partial charge on any atom is -0.494 e. The van der Waals surface area contributed by atoms with E-state index in [9.17, 15) is 0 Å². The van der Waals surface area contributed by atoms with E-state index >= 15 is 0 Å². The Balaban J connectivity index is 1.35. The number of aryl methyl sites for hydroxylation is 1. The van der Waals surface area contributed by atoms with Crippen molar-refractivity contribution in [2.24, 2.45) is 11.8 Å². The van der Waals surface area contributed by atoms with Crippen molar-refractivity contribution in [2.45, 2.75) is 104 Å². The fourth-order valence-electron chi connectivity index (χ4n) is 4.90. The molecule has 3 heteroatoms. The second-order valence-corrected chi connectivity index (χ2v) is 9.76. The van der Waals surface area contributed by atoms with Crippen LogP contribution in [0.1, 0.15) is 103 Å². The molecule has 0 bridgehead atoms. The van der Waals surface area contributed by atoms with E-state index in [1.165, 1.54) is 70.6 Å². The Kier molecular flexibility index (Phi) is 11.0. The maximum atomic E-state index is 5.75. The van der Waals surface area contributed by atoms with Crippen LogP contribution in [-0.2, 0) is 6.42 Å². The summed E-state index contributed by atoms with van der Waals surface area (Å²) in [6, 6.07) is 12.5. The highest BCUT2D eigenvalue weighted by molar-refractivity contribution is 5.59. The van der Waals surface area contributed by atoms with E-state index in [4.69, 9.17) is 4.74 Å². The number of hydrogen-bond donors (Lipinski definition) is 0. The fourth-order valence-corrected chi connectivity index (χ4v) is 4.90. The first-order valence-corrected chi connectivity index (χ1v) is 13.3. The van der Waals surface area contributed by atoms with Gasteiger partial charge in [0.2, 0.25) is 0 Å². The minimum absolute atomic E-state index is 0.783. The SMILES string of the molecule is CCCCCCCC1CCC(CCc2ccc(-c3ccc(OCCCC)cc3)nn2)CC1. The van der Waals surface area contributed by atoms with Gasteiger partial charge in [-0.3, -0.25) is 0 Å². The molecule has 1 fully saturated rings. The monoisotopic (exact) mass is 436 g/mol. The lowest BCUT2D eigenvalue weighted by Crippen LogP contribution is -2.15. The first-order chi connectivity index (χ1) is 15.8. The van der Waals surface area contributed by atoms with Crippen LogP contribution in [0.25, 0.3) is 11.3 Å². The zero-order valence-corrected chi connectivity index (χ0v) is 20.5. The van der Waals surface area contributed by atoms with Crippen molar-refractivity contribution in [2.75, 3.05) is 6.61 Å². The summed E-state index contributed by atoms with van der Waals surface area (Å²) in [6.45, 7) is 5.26. The molecule has 1 aliphatic carbocycles. The van der Waals surface area contributed by atoms with Gasteiger partial charge < -0.3 is 4.74 Å². The molecule has 176 valence electrons. The third-order valence-electron chi connectivity index (χ3n) is 7.13. The number of aromatic nitrogens is 2. The quantitative estimate of drug-likeness (QED) is 0.279. The van der Waals surface area contributed by atoms with Gasteiger partial charge in [0.05, 0.1) is 18.0 Å². The average molecular weight is 437 g/mol. The van der Waals surface area contributed by atoms with Crippen LogP contribution in [-0.4, -0.2) is 16.8 Å². The molecule has 0 amide bonds. The molecule has 1 aliphatic rings. The standard InChI is InChI=1S/C29H44N2O/c1-3-5-7-8-9-10-24-11-13-25(14-12-24)15-18-27-19-22-29(31-30-27)26-16-20-28(21-17-26)32-23-6-4-2/h16-17,19-22,24-25H,3-15,18,23H2,1-2H3. The summed E-state index contributed by atoms with van der Waals surface area (Å²) in [4.78, 5) is 0. The van der Waals surface area contributed by atoms with Gasteiger partial charge >= 0.3 is 0 Å². The van der Waals surface area contributed by atoms with Crippen LogP contribution in [0.5, 0.6) is 5.75 Å². The Morgan fingerprint density at radius 3 is 2.06 bits per heavy atom. The number of benzene rings is 1. The molecule has 1 heterocycles. The second kappa shape index (κ2) is 14.3. The van der Waals surface area contributed by atoms with Gasteiger partial charge in [0, 0.05) is 5.56 Å². The van der Waals surface area contributed by atoms with Crippen molar-refractivity contribution >= 4 is 0 Å². The minimum atomic E-state index is 0.783. The van der Waals surface area contributed by atoms with E-state index in [1.807, 2.05) is 12.1 Å². The van der Waals surface area contributed by atoms with Crippen LogP contribution >= 0.6 is 0 Å². The molecule has 0 aliphatic heterocycles. The van der Waals surface area contributed by atoms with Gasteiger partial charge in [0.15, 0.2) is 0 Å². The van der Waals surface area contributed by atoms with Crippen LogP contribution in [0.4, 0.5) is 0 Å². The molecule has 1 aromatic heterocycles. The number of rotatable bonds is 14. The van der Waals surface area contributed by atoms with Gasteiger partial charge in [0.25, 0.3) is 0 Å². The lowest BCUT2D eigenvalue weighted by atomic mass is 9.78. The molecule has 3 rings (SSSR count). The number of hydrogen-bond acceptors (Lipinski definition) is 3. The predicted molar refractivity (Wildman–Crippen MR) is 135 cm³/mol. The zero-order valence-electron chi connectivity index (χ0n) is 20.5. The van der Waals surface area contributed by atoms with Crippen LogP contribution in [0, 0.1) is 11.8 Å². The van der Waals surface area contributed by atoms with Gasteiger partial charge in [0.1, 0.15) is 5.75 Å². The van der Waals surface area contributed by atoms with Crippen molar-refractivity contribution in [1.82, 2.24) is 10.2 Å². The average Bonchev–Trinajstić information content (AvgIpc) is 2.84. The first kappa shape index (κ1) is 24.7. The van der Waals surface area contributed by atoms with Crippen molar-refractivity contribution in [3.8, 4) is 17.0 Å². The molecule has 32 heavy (non-hydrogen) atoms. The highest BCUT2D eigenvalue weighted by Gasteiger charge is 2.20. The summed E-state index contributed by atoms with van der Waals surface area (Å²) in [6.07, 6.45) is 18.8. The van der Waals surface area contributed by atoms with Crippen LogP contribution in [0.2, 0.25) is 0 Å². The van der Waals surface area contributed by atoms with E-state index < -0.39 is 0 Å². The molecular formula is C29H44N2O. The lowest BCUT2D eigenvalue weighted by Gasteiger charge is -2.28. The van der Waals surface area contributed by atoms with E-state index in [-0.39, 0.29) is 0 Å². The molecule has 1 saturated carbocycles. The van der Waals surface area contributed by atoms with E-state index in [1.54, 1.807) is 0 Å². The molecule has 0 radical (unpaired) electrons. The summed E-state index contributed by atoms with van der Waals surface area (Å²) in [5.74, 6) is 2.81. The van der Waals surface area contributed by atoms with Crippen molar-refractivity contribution < 1.29 is 4.74 Å². The Bertz CT molecular complexity index is 733. The van der Waals surface area contributed by atoms with Crippen LogP contribution in [0.15, 0.2) is 36.4 Å². The number of nitrogens with zero attached hydrogens (tertiary/aromatic N) is 2. The largest absolute Gasteiger partial charge is 0.494 e. The van der Waals surface area contributed by atoms with E-state index in [0.29, 0.717) is 0 Å². The smallest absolute Gasteiger partial charge is 0.119 e. The summed E-state index contributed by atoms with van der Waals surface area (Å²) in [5.41, 5.74) is 3.17. The highest BCUT2D eigenvalue weighted by atomic mass is 16.5. The highest BCUT2D eigenvalue weighted by Crippen LogP contribution is 2.34. The third-order valence-corrected chi connectivity index (χ3v) is 7.13. The fraction of sp³-hybridized carbons (Fsp3) is 0.655. The lowest BCUT2D eigenvalue weighted by molar-refractivity contribution is 0.248. The molecule has 3 nitrogen and oxygen atoms in total. The van der Waals surface area contributed by atoms with Crippen LogP contribution < -0.4 is 4.74 Å². The van der Waals surface area contributed by atoms with Crippen molar-refractivity contribution in [1.29, 1.82) is 0 Å². The Morgan fingerprint density at radius 1 is 0.719 bits per heavy atom. The van der Waals surface area contributed by atoms with E-state index in [2.05, 4.69) is 48.3 Å². The van der Waals surface area contributed by atoms with Crippen LogP contribution in [0.3, 0.4) is 0 Å². The maximum absolute atomic E-state index is 5.75. The van der Waals surface area contributed by atoms with Gasteiger partial charge in [-0.25, -0.2) is 0 Å². The number of unbranched alkanes of at least 4 members (excludes halogenated alkanes) is 5. The van der Waals surface area contributed by atoms with Gasteiger partial charge in [-0.05, 0) is 67.5 Å². The molecule has 2 aromatic rings. The molecular weight excluding hydrogens is 392 g/mol. The van der Waals surface area contributed by atoms with Gasteiger partial charge in [-0.2, -0.15) is 10.2 Å². The Labute approximate surface area is 196 Å². The van der Waals surface area contributed by atoms with Gasteiger partial charge in [-0.15, -0.1) is 0 Å². The van der Waals surface area contributed by atoms with Gasteiger partial charge in [-0.1, -0.05) is 84.5 Å². The topological polar surface area (TPSA) is 35.0 Å². The predicted octanol–water partition coefficient (Wildman–Crippen LogP) is 8.42. The summed E-state index contributed by atoms with van der Waals surface area (Å²) < 4.78 is 5.75. The van der Waals surface area contributed by atoms with Crippen molar-refractivity contribution in [3.63, 3.8) is 0 Å². The zero-order chi connectivity index (χ0) is 22.4. The first-order valence-electron chi connectivity index (χ1n) is 13.3. The Hall–Kier alpha value is -1.90. The normalized spacial score (nSPS) is 18.6. The summed E-state index contributed by atoms with van der Waals surface area (Å²) in [7, 11) is 0. The van der Waals surface area contributed by atoms with Crippen molar-refractivity contribution in [3.05, 3.63) is 42.1 Å². The second-order valence-electron chi connectivity index (χ2n) is 9.76. The summed E-state index contributed by atoms with van der Waals surface area (Å²) in [5, 5.41) is 9.02. The maximum Gasteiger partial charge on any atom is 0.119 e. The molecule has 1 aromatic carbocycles.